The lowest BCUT2D eigenvalue weighted by atomic mass is 10.1. The highest BCUT2D eigenvalue weighted by Gasteiger charge is 2.29. The summed E-state index contributed by atoms with van der Waals surface area (Å²) in [4.78, 5) is 27.5. The lowest BCUT2D eigenvalue weighted by Gasteiger charge is -2.31. The van der Waals surface area contributed by atoms with Crippen LogP contribution in [0.25, 0.3) is 0 Å². The SMILES string of the molecule is COc1cc(OC)cc(OCC(=O)N(Cc2c(Cl)cccc2Cl)[C@@H](C)C(=O)NC(C)(C)C)c1. The maximum Gasteiger partial charge on any atom is 0.261 e. The van der Waals surface area contributed by atoms with E-state index in [1.807, 2.05) is 20.8 Å². The first-order valence-corrected chi connectivity index (χ1v) is 11.1. The molecule has 33 heavy (non-hydrogen) atoms. The number of nitrogens with zero attached hydrogens (tertiary/aromatic N) is 1. The number of ether oxygens (including phenoxy) is 3. The van der Waals surface area contributed by atoms with Crippen molar-refractivity contribution < 1.29 is 23.8 Å². The van der Waals surface area contributed by atoms with Gasteiger partial charge in [0.05, 0.1) is 14.2 Å². The fourth-order valence-electron chi connectivity index (χ4n) is 3.00. The molecule has 0 radical (unpaired) electrons. The Balaban J connectivity index is 2.28. The van der Waals surface area contributed by atoms with Crippen LogP contribution in [0.1, 0.15) is 33.3 Å². The summed E-state index contributed by atoms with van der Waals surface area (Å²) in [5.74, 6) is 0.720. The molecular formula is C24H30Cl2N2O5. The van der Waals surface area contributed by atoms with E-state index in [0.29, 0.717) is 32.9 Å². The number of benzene rings is 2. The second-order valence-electron chi connectivity index (χ2n) is 8.47. The second kappa shape index (κ2) is 11.5. The zero-order valence-corrected chi connectivity index (χ0v) is 21.2. The van der Waals surface area contributed by atoms with Gasteiger partial charge in [-0.05, 0) is 39.8 Å². The fraction of sp³-hybridized carbons (Fsp3) is 0.417. The monoisotopic (exact) mass is 496 g/mol. The standard InChI is InChI=1S/C24H30Cl2N2O5/c1-15(23(30)27-24(2,3)4)28(13-19-20(25)8-7-9-21(19)26)22(29)14-33-18-11-16(31-5)10-17(12-18)32-6/h7-12,15H,13-14H2,1-6H3,(H,27,30)/t15-/m0/s1. The van der Waals surface area contributed by atoms with Crippen LogP contribution >= 0.6 is 23.2 Å². The second-order valence-corrected chi connectivity index (χ2v) is 9.29. The minimum absolute atomic E-state index is 0.0425. The fourth-order valence-corrected chi connectivity index (χ4v) is 3.52. The maximum atomic E-state index is 13.2. The number of carbonyl (C=O) groups excluding carboxylic acids is 2. The number of hydrogen-bond acceptors (Lipinski definition) is 5. The molecule has 0 bridgehead atoms. The molecule has 0 saturated heterocycles. The number of halogens is 2. The van der Waals surface area contributed by atoms with E-state index in [9.17, 15) is 9.59 Å². The summed E-state index contributed by atoms with van der Waals surface area (Å²) in [6, 6.07) is 9.26. The molecule has 0 fully saturated rings. The van der Waals surface area contributed by atoms with Crippen LogP contribution in [0.4, 0.5) is 0 Å². The summed E-state index contributed by atoms with van der Waals surface area (Å²) in [7, 11) is 3.04. The van der Waals surface area contributed by atoms with Crippen LogP contribution in [0.3, 0.4) is 0 Å². The Hall–Kier alpha value is -2.64. The Morgan fingerprint density at radius 1 is 1.00 bits per heavy atom. The van der Waals surface area contributed by atoms with Crippen LogP contribution in [-0.2, 0) is 16.1 Å². The summed E-state index contributed by atoms with van der Waals surface area (Å²) < 4.78 is 16.2. The minimum atomic E-state index is -0.799. The summed E-state index contributed by atoms with van der Waals surface area (Å²) in [5.41, 5.74) is 0.0862. The number of methoxy groups -OCH3 is 2. The number of nitrogens with one attached hydrogen (secondary N) is 1. The van der Waals surface area contributed by atoms with Gasteiger partial charge in [0.2, 0.25) is 5.91 Å². The summed E-state index contributed by atoms with van der Waals surface area (Å²) in [6.45, 7) is 6.99. The van der Waals surface area contributed by atoms with Crippen molar-refractivity contribution in [3.8, 4) is 17.2 Å². The topological polar surface area (TPSA) is 77.1 Å². The molecule has 0 heterocycles. The average Bonchev–Trinajstić information content (AvgIpc) is 2.75. The van der Waals surface area contributed by atoms with Crippen molar-refractivity contribution >= 4 is 35.0 Å². The van der Waals surface area contributed by atoms with E-state index in [-0.39, 0.29) is 19.1 Å². The van der Waals surface area contributed by atoms with Gasteiger partial charge in [-0.15, -0.1) is 0 Å². The normalized spacial score (nSPS) is 12.0. The van der Waals surface area contributed by atoms with Crippen LogP contribution in [0.2, 0.25) is 10.0 Å². The van der Waals surface area contributed by atoms with E-state index in [1.54, 1.807) is 43.3 Å². The predicted octanol–water partition coefficient (Wildman–Crippen LogP) is 4.72. The number of hydrogen-bond donors (Lipinski definition) is 1. The largest absolute Gasteiger partial charge is 0.496 e. The molecule has 0 saturated carbocycles. The molecule has 180 valence electrons. The van der Waals surface area contributed by atoms with Crippen molar-refractivity contribution in [2.45, 2.75) is 45.8 Å². The van der Waals surface area contributed by atoms with Crippen molar-refractivity contribution in [1.29, 1.82) is 0 Å². The quantitative estimate of drug-likeness (QED) is 0.543. The Morgan fingerprint density at radius 2 is 1.52 bits per heavy atom. The molecule has 2 amide bonds. The summed E-state index contributed by atoms with van der Waals surface area (Å²) in [5, 5.41) is 3.71. The van der Waals surface area contributed by atoms with E-state index in [2.05, 4.69) is 5.32 Å². The smallest absolute Gasteiger partial charge is 0.261 e. The molecule has 7 nitrogen and oxygen atoms in total. The van der Waals surface area contributed by atoms with E-state index < -0.39 is 17.5 Å². The first-order valence-electron chi connectivity index (χ1n) is 10.4. The van der Waals surface area contributed by atoms with Crippen molar-refractivity contribution in [3.63, 3.8) is 0 Å². The van der Waals surface area contributed by atoms with Gasteiger partial charge in [-0.3, -0.25) is 9.59 Å². The third kappa shape index (κ3) is 7.72. The van der Waals surface area contributed by atoms with E-state index in [1.165, 1.54) is 19.1 Å². The summed E-state index contributed by atoms with van der Waals surface area (Å²) >= 11 is 12.7. The van der Waals surface area contributed by atoms with Crippen molar-refractivity contribution in [2.75, 3.05) is 20.8 Å². The van der Waals surface area contributed by atoms with Gasteiger partial charge in [0.25, 0.3) is 5.91 Å². The van der Waals surface area contributed by atoms with Crippen molar-refractivity contribution in [3.05, 3.63) is 52.0 Å². The molecule has 0 aliphatic heterocycles. The Bertz CT molecular complexity index is 949. The number of amides is 2. The third-order valence-corrected chi connectivity index (χ3v) is 5.45. The zero-order chi connectivity index (χ0) is 24.8. The van der Waals surface area contributed by atoms with Crippen LogP contribution in [-0.4, -0.2) is 49.1 Å². The molecule has 0 aliphatic carbocycles. The zero-order valence-electron chi connectivity index (χ0n) is 19.7. The Kier molecular flexibility index (Phi) is 9.25. The van der Waals surface area contributed by atoms with E-state index in [0.717, 1.165) is 0 Å². The molecular weight excluding hydrogens is 467 g/mol. The maximum absolute atomic E-state index is 13.2. The first kappa shape index (κ1) is 26.6. The van der Waals surface area contributed by atoms with Gasteiger partial charge in [-0.25, -0.2) is 0 Å². The Morgan fingerprint density at radius 3 is 2.00 bits per heavy atom. The van der Waals surface area contributed by atoms with Crippen LogP contribution in [0.15, 0.2) is 36.4 Å². The highest BCUT2D eigenvalue weighted by atomic mass is 35.5. The molecule has 2 aromatic carbocycles. The third-order valence-electron chi connectivity index (χ3n) is 4.74. The van der Waals surface area contributed by atoms with Crippen LogP contribution < -0.4 is 19.5 Å². The van der Waals surface area contributed by atoms with Gasteiger partial charge in [0.15, 0.2) is 6.61 Å². The Labute approximate surface area is 204 Å². The number of rotatable bonds is 9. The average molecular weight is 497 g/mol. The molecule has 2 rings (SSSR count). The molecule has 0 aliphatic rings. The van der Waals surface area contributed by atoms with Crippen LogP contribution in [0, 0.1) is 0 Å². The van der Waals surface area contributed by atoms with Gasteiger partial charge in [0, 0.05) is 45.9 Å². The first-order chi connectivity index (χ1) is 15.4. The van der Waals surface area contributed by atoms with Gasteiger partial charge in [0.1, 0.15) is 23.3 Å². The highest BCUT2D eigenvalue weighted by molar-refractivity contribution is 6.36. The molecule has 1 N–H and O–H groups in total. The van der Waals surface area contributed by atoms with Crippen LogP contribution in [0.5, 0.6) is 17.2 Å². The predicted molar refractivity (Wildman–Crippen MR) is 129 cm³/mol. The molecule has 2 aromatic rings. The molecule has 0 aromatic heterocycles. The molecule has 0 unspecified atom stereocenters. The van der Waals surface area contributed by atoms with Gasteiger partial charge in [-0.1, -0.05) is 29.3 Å². The van der Waals surface area contributed by atoms with Gasteiger partial charge in [-0.2, -0.15) is 0 Å². The summed E-state index contributed by atoms with van der Waals surface area (Å²) in [6.07, 6.45) is 0. The number of carbonyl (C=O) groups is 2. The van der Waals surface area contributed by atoms with Crippen molar-refractivity contribution in [1.82, 2.24) is 10.2 Å². The molecule has 9 heteroatoms. The van der Waals surface area contributed by atoms with Gasteiger partial charge >= 0.3 is 0 Å². The van der Waals surface area contributed by atoms with Crippen molar-refractivity contribution in [2.24, 2.45) is 0 Å². The molecule has 0 spiro atoms. The van der Waals surface area contributed by atoms with E-state index >= 15 is 0 Å². The minimum Gasteiger partial charge on any atom is -0.496 e. The molecule has 1 atom stereocenters. The van der Waals surface area contributed by atoms with Gasteiger partial charge < -0.3 is 24.4 Å². The van der Waals surface area contributed by atoms with E-state index in [4.69, 9.17) is 37.4 Å². The lowest BCUT2D eigenvalue weighted by molar-refractivity contribution is -0.142. The lowest BCUT2D eigenvalue weighted by Crippen LogP contribution is -2.53. The highest BCUT2D eigenvalue weighted by Crippen LogP contribution is 2.29.